The molecule has 4 nitrogen and oxygen atoms in total. The normalized spacial score (nSPS) is 17.6. The van der Waals surface area contributed by atoms with Crippen LogP contribution in [0.25, 0.3) is 11.0 Å². The standard InChI is InChI=1S/C16H20N2O2/c1-2-16(7-3-4-8-16)10-18-11-17-13-6-5-12(15(19)20)9-14(13)18/h5-6,9,11H,2-4,7-8,10H2,1H3,(H,19,20). The fourth-order valence-electron chi connectivity index (χ4n) is 3.43. The van der Waals surface area contributed by atoms with E-state index in [1.54, 1.807) is 18.2 Å². The summed E-state index contributed by atoms with van der Waals surface area (Å²) in [6, 6.07) is 5.15. The highest BCUT2D eigenvalue weighted by Crippen LogP contribution is 2.42. The summed E-state index contributed by atoms with van der Waals surface area (Å²) in [5.74, 6) is -0.884. The van der Waals surface area contributed by atoms with E-state index in [4.69, 9.17) is 5.11 Å². The summed E-state index contributed by atoms with van der Waals surface area (Å²) in [7, 11) is 0. The van der Waals surface area contributed by atoms with Gasteiger partial charge in [-0.25, -0.2) is 9.78 Å². The van der Waals surface area contributed by atoms with Crippen molar-refractivity contribution >= 4 is 17.0 Å². The number of carboxylic acids is 1. The van der Waals surface area contributed by atoms with Crippen LogP contribution in [-0.2, 0) is 6.54 Å². The Hall–Kier alpha value is -1.84. The molecule has 3 rings (SSSR count). The first kappa shape index (κ1) is 13.2. The summed E-state index contributed by atoms with van der Waals surface area (Å²) in [6.07, 6.45) is 8.17. The summed E-state index contributed by atoms with van der Waals surface area (Å²) < 4.78 is 2.14. The molecule has 1 saturated carbocycles. The minimum Gasteiger partial charge on any atom is -0.478 e. The Morgan fingerprint density at radius 3 is 2.80 bits per heavy atom. The topological polar surface area (TPSA) is 55.1 Å². The highest BCUT2D eigenvalue weighted by atomic mass is 16.4. The Bertz CT molecular complexity index is 639. The molecule has 0 atom stereocenters. The van der Waals surface area contributed by atoms with Crippen LogP contribution in [0.1, 0.15) is 49.4 Å². The zero-order chi connectivity index (χ0) is 14.2. The van der Waals surface area contributed by atoms with E-state index in [0.717, 1.165) is 17.6 Å². The molecule has 1 aliphatic carbocycles. The van der Waals surface area contributed by atoms with E-state index in [2.05, 4.69) is 16.5 Å². The number of carbonyl (C=O) groups is 1. The van der Waals surface area contributed by atoms with Gasteiger partial charge >= 0.3 is 5.97 Å². The van der Waals surface area contributed by atoms with Crippen LogP contribution >= 0.6 is 0 Å². The van der Waals surface area contributed by atoms with Gasteiger partial charge in [-0.05, 0) is 42.9 Å². The van der Waals surface area contributed by atoms with Crippen molar-refractivity contribution in [2.45, 2.75) is 45.6 Å². The third kappa shape index (κ3) is 2.19. The molecule has 0 unspecified atom stereocenters. The summed E-state index contributed by atoms with van der Waals surface area (Å²) in [5.41, 5.74) is 2.51. The maximum atomic E-state index is 11.1. The van der Waals surface area contributed by atoms with Gasteiger partial charge in [0.15, 0.2) is 0 Å². The Kier molecular flexibility index (Phi) is 3.24. The van der Waals surface area contributed by atoms with Crippen LogP contribution < -0.4 is 0 Å². The molecule has 0 amide bonds. The Morgan fingerprint density at radius 1 is 1.40 bits per heavy atom. The molecule has 0 bridgehead atoms. The molecule has 0 saturated heterocycles. The van der Waals surface area contributed by atoms with Gasteiger partial charge in [-0.15, -0.1) is 0 Å². The quantitative estimate of drug-likeness (QED) is 0.923. The second-order valence-corrected chi connectivity index (χ2v) is 5.94. The lowest BCUT2D eigenvalue weighted by Crippen LogP contribution is -2.22. The fourth-order valence-corrected chi connectivity index (χ4v) is 3.43. The second-order valence-electron chi connectivity index (χ2n) is 5.94. The molecule has 4 heteroatoms. The second kappa shape index (κ2) is 4.93. The van der Waals surface area contributed by atoms with Gasteiger partial charge in [-0.3, -0.25) is 0 Å². The van der Waals surface area contributed by atoms with Crippen molar-refractivity contribution in [3.8, 4) is 0 Å². The highest BCUT2D eigenvalue weighted by molar-refractivity contribution is 5.92. The molecule has 0 spiro atoms. The van der Waals surface area contributed by atoms with Gasteiger partial charge in [0.1, 0.15) is 0 Å². The number of carboxylic acid groups (broad SMARTS) is 1. The third-order valence-corrected chi connectivity index (χ3v) is 4.79. The highest BCUT2D eigenvalue weighted by Gasteiger charge is 2.32. The monoisotopic (exact) mass is 272 g/mol. The number of hydrogen-bond donors (Lipinski definition) is 1. The maximum Gasteiger partial charge on any atom is 0.335 e. The first-order valence-electron chi connectivity index (χ1n) is 7.32. The number of aromatic carboxylic acids is 1. The van der Waals surface area contributed by atoms with Crippen molar-refractivity contribution in [1.29, 1.82) is 0 Å². The maximum absolute atomic E-state index is 11.1. The lowest BCUT2D eigenvalue weighted by Gasteiger charge is -2.28. The predicted molar refractivity (Wildman–Crippen MR) is 77.9 cm³/mol. The van der Waals surface area contributed by atoms with E-state index in [9.17, 15) is 4.79 Å². The van der Waals surface area contributed by atoms with E-state index in [0.29, 0.717) is 11.0 Å². The molecule has 1 heterocycles. The van der Waals surface area contributed by atoms with Gasteiger partial charge in [0.2, 0.25) is 0 Å². The molecule has 1 aliphatic rings. The van der Waals surface area contributed by atoms with Crippen LogP contribution in [0, 0.1) is 5.41 Å². The third-order valence-electron chi connectivity index (χ3n) is 4.79. The molecule has 0 aliphatic heterocycles. The van der Waals surface area contributed by atoms with Gasteiger partial charge in [-0.1, -0.05) is 19.8 Å². The van der Waals surface area contributed by atoms with E-state index in [-0.39, 0.29) is 0 Å². The first-order valence-corrected chi connectivity index (χ1v) is 7.32. The average Bonchev–Trinajstić information content (AvgIpc) is 3.07. The summed E-state index contributed by atoms with van der Waals surface area (Å²) in [6.45, 7) is 3.20. The summed E-state index contributed by atoms with van der Waals surface area (Å²) in [4.78, 5) is 15.5. The van der Waals surface area contributed by atoms with E-state index < -0.39 is 5.97 Å². The molecular formula is C16H20N2O2. The van der Waals surface area contributed by atoms with Crippen LogP contribution in [0.2, 0.25) is 0 Å². The molecule has 1 N–H and O–H groups in total. The molecule has 1 aromatic heterocycles. The lowest BCUT2D eigenvalue weighted by atomic mass is 9.83. The first-order chi connectivity index (χ1) is 9.63. The fraction of sp³-hybridized carbons (Fsp3) is 0.500. The van der Waals surface area contributed by atoms with Crippen LogP contribution in [-0.4, -0.2) is 20.6 Å². The number of rotatable bonds is 4. The SMILES string of the molecule is CCC1(Cn2cnc3ccc(C(=O)O)cc32)CCCC1. The van der Waals surface area contributed by atoms with E-state index >= 15 is 0 Å². The van der Waals surface area contributed by atoms with Crippen LogP contribution in [0.15, 0.2) is 24.5 Å². The molecule has 106 valence electrons. The number of hydrogen-bond acceptors (Lipinski definition) is 2. The molecular weight excluding hydrogens is 252 g/mol. The number of nitrogens with zero attached hydrogens (tertiary/aromatic N) is 2. The Morgan fingerprint density at radius 2 is 2.15 bits per heavy atom. The van der Waals surface area contributed by atoms with Crippen molar-refractivity contribution < 1.29 is 9.90 Å². The van der Waals surface area contributed by atoms with Gasteiger partial charge in [0.25, 0.3) is 0 Å². The van der Waals surface area contributed by atoms with Gasteiger partial charge in [-0.2, -0.15) is 0 Å². The largest absolute Gasteiger partial charge is 0.478 e. The summed E-state index contributed by atoms with van der Waals surface area (Å²) in [5, 5.41) is 9.12. The van der Waals surface area contributed by atoms with Crippen molar-refractivity contribution in [1.82, 2.24) is 9.55 Å². The molecule has 1 fully saturated rings. The van der Waals surface area contributed by atoms with Crippen molar-refractivity contribution in [2.24, 2.45) is 5.41 Å². The van der Waals surface area contributed by atoms with Crippen LogP contribution in [0.5, 0.6) is 0 Å². The number of imidazole rings is 1. The minimum atomic E-state index is -0.884. The van der Waals surface area contributed by atoms with Crippen molar-refractivity contribution in [3.63, 3.8) is 0 Å². The molecule has 2 aromatic rings. The van der Waals surface area contributed by atoms with Crippen molar-refractivity contribution in [3.05, 3.63) is 30.1 Å². The van der Waals surface area contributed by atoms with Gasteiger partial charge in [0.05, 0.1) is 22.9 Å². The number of aromatic nitrogens is 2. The Balaban J connectivity index is 1.98. The lowest BCUT2D eigenvalue weighted by molar-refractivity contribution is 0.0697. The smallest absolute Gasteiger partial charge is 0.335 e. The number of fused-ring (bicyclic) bond motifs is 1. The van der Waals surface area contributed by atoms with Crippen LogP contribution in [0.3, 0.4) is 0 Å². The number of benzene rings is 1. The predicted octanol–water partition coefficient (Wildman–Crippen LogP) is 3.70. The van der Waals surface area contributed by atoms with E-state index in [1.807, 2.05) is 6.33 Å². The molecule has 0 radical (unpaired) electrons. The van der Waals surface area contributed by atoms with Crippen LogP contribution in [0.4, 0.5) is 0 Å². The summed E-state index contributed by atoms with van der Waals surface area (Å²) >= 11 is 0. The van der Waals surface area contributed by atoms with Gasteiger partial charge in [0, 0.05) is 6.54 Å². The zero-order valence-corrected chi connectivity index (χ0v) is 11.8. The van der Waals surface area contributed by atoms with Gasteiger partial charge < -0.3 is 9.67 Å². The van der Waals surface area contributed by atoms with E-state index in [1.165, 1.54) is 32.1 Å². The Labute approximate surface area is 118 Å². The molecule has 1 aromatic carbocycles. The molecule has 20 heavy (non-hydrogen) atoms. The minimum absolute atomic E-state index is 0.330. The average molecular weight is 272 g/mol. The van der Waals surface area contributed by atoms with Crippen molar-refractivity contribution in [2.75, 3.05) is 0 Å². The zero-order valence-electron chi connectivity index (χ0n) is 11.8.